The van der Waals surface area contributed by atoms with Crippen LogP contribution in [0.3, 0.4) is 0 Å². The van der Waals surface area contributed by atoms with E-state index in [0.717, 1.165) is 56.8 Å². The lowest BCUT2D eigenvalue weighted by Crippen LogP contribution is -2.41. The number of carbonyl (C=O) groups is 1. The maximum absolute atomic E-state index is 13.0. The molecule has 0 radical (unpaired) electrons. The van der Waals surface area contributed by atoms with Crippen LogP contribution in [0.2, 0.25) is 0 Å². The summed E-state index contributed by atoms with van der Waals surface area (Å²) in [6, 6.07) is 10.1. The lowest BCUT2D eigenvalue weighted by Gasteiger charge is -2.34. The van der Waals surface area contributed by atoms with Crippen LogP contribution in [-0.4, -0.2) is 52.4 Å². The summed E-state index contributed by atoms with van der Waals surface area (Å²) < 4.78 is 0. The van der Waals surface area contributed by atoms with Crippen molar-refractivity contribution >= 4 is 5.91 Å². The van der Waals surface area contributed by atoms with Crippen molar-refractivity contribution in [2.45, 2.75) is 44.6 Å². The van der Waals surface area contributed by atoms with Crippen molar-refractivity contribution in [1.29, 1.82) is 0 Å². The number of hydrogen-bond donors (Lipinski definition) is 0. The molecule has 1 saturated heterocycles. The molecule has 27 heavy (non-hydrogen) atoms. The summed E-state index contributed by atoms with van der Waals surface area (Å²) in [6.07, 6.45) is 5.06. The summed E-state index contributed by atoms with van der Waals surface area (Å²) in [4.78, 5) is 26.9. The molecule has 3 heterocycles. The normalized spacial score (nSPS) is 21.6. The molecule has 1 aromatic carbocycles. The van der Waals surface area contributed by atoms with Crippen molar-refractivity contribution in [3.8, 4) is 0 Å². The number of aromatic nitrogens is 2. The first-order chi connectivity index (χ1) is 13.1. The number of likely N-dealkylation sites (tertiary alicyclic amines) is 1. The van der Waals surface area contributed by atoms with Gasteiger partial charge in [0.25, 0.3) is 0 Å². The first-order valence-electron chi connectivity index (χ1n) is 9.99. The Morgan fingerprint density at radius 3 is 2.85 bits per heavy atom. The monoisotopic (exact) mass is 364 g/mol. The van der Waals surface area contributed by atoms with Crippen LogP contribution in [0.1, 0.15) is 54.2 Å². The van der Waals surface area contributed by atoms with Crippen molar-refractivity contribution < 1.29 is 4.79 Å². The van der Waals surface area contributed by atoms with Crippen LogP contribution in [-0.2, 0) is 17.8 Å². The topological polar surface area (TPSA) is 49.3 Å². The Kier molecular flexibility index (Phi) is 5.21. The van der Waals surface area contributed by atoms with Crippen molar-refractivity contribution in [2.75, 3.05) is 26.7 Å². The van der Waals surface area contributed by atoms with E-state index in [0.29, 0.717) is 0 Å². The summed E-state index contributed by atoms with van der Waals surface area (Å²) in [5.41, 5.74) is 3.52. The average Bonchev–Trinajstić information content (AvgIpc) is 2.73. The second-order valence-electron chi connectivity index (χ2n) is 7.94. The summed E-state index contributed by atoms with van der Waals surface area (Å²) in [6.45, 7) is 5.55. The van der Waals surface area contributed by atoms with E-state index in [4.69, 9.17) is 4.98 Å². The van der Waals surface area contributed by atoms with Crippen LogP contribution >= 0.6 is 0 Å². The van der Waals surface area contributed by atoms with Gasteiger partial charge in [-0.1, -0.05) is 30.3 Å². The fraction of sp³-hybridized carbons (Fsp3) is 0.500. The molecule has 5 nitrogen and oxygen atoms in total. The van der Waals surface area contributed by atoms with E-state index in [9.17, 15) is 4.79 Å². The van der Waals surface area contributed by atoms with Gasteiger partial charge in [0.05, 0.1) is 5.92 Å². The van der Waals surface area contributed by atoms with Gasteiger partial charge in [0.15, 0.2) is 0 Å². The van der Waals surface area contributed by atoms with Crippen molar-refractivity contribution in [2.24, 2.45) is 0 Å². The molecule has 0 unspecified atom stereocenters. The minimum absolute atomic E-state index is 0.107. The molecule has 4 rings (SSSR count). The third-order valence-corrected chi connectivity index (χ3v) is 5.91. The van der Waals surface area contributed by atoms with E-state index in [2.05, 4.69) is 16.9 Å². The van der Waals surface area contributed by atoms with E-state index in [1.165, 1.54) is 11.3 Å². The molecule has 2 aliphatic heterocycles. The minimum atomic E-state index is -0.107. The number of rotatable bonds is 3. The Bertz CT molecular complexity index is 807. The molecule has 0 saturated carbocycles. The highest BCUT2D eigenvalue weighted by Crippen LogP contribution is 2.28. The SMILES string of the molecule is C[C@@H](C(=O)N1CCC[C@@H](c2ncc3c(n2)CCN(C)C3)C1)c1ccccc1. The maximum atomic E-state index is 13.0. The number of amides is 1. The number of hydrogen-bond acceptors (Lipinski definition) is 4. The molecule has 1 amide bonds. The lowest BCUT2D eigenvalue weighted by atomic mass is 9.93. The molecule has 0 aliphatic carbocycles. The van der Waals surface area contributed by atoms with E-state index in [1.807, 2.05) is 48.4 Å². The second-order valence-corrected chi connectivity index (χ2v) is 7.94. The van der Waals surface area contributed by atoms with Gasteiger partial charge in [0, 0.05) is 56.0 Å². The van der Waals surface area contributed by atoms with Gasteiger partial charge in [-0.15, -0.1) is 0 Å². The van der Waals surface area contributed by atoms with Gasteiger partial charge in [-0.3, -0.25) is 4.79 Å². The fourth-order valence-corrected chi connectivity index (χ4v) is 4.22. The van der Waals surface area contributed by atoms with Crippen molar-refractivity contribution in [1.82, 2.24) is 19.8 Å². The summed E-state index contributed by atoms with van der Waals surface area (Å²) >= 11 is 0. The Morgan fingerprint density at radius 1 is 1.22 bits per heavy atom. The predicted octanol–water partition coefficient (Wildman–Crippen LogP) is 2.97. The fourth-order valence-electron chi connectivity index (χ4n) is 4.22. The van der Waals surface area contributed by atoms with Crippen LogP contribution in [0.4, 0.5) is 0 Å². The highest BCUT2D eigenvalue weighted by Gasteiger charge is 2.30. The van der Waals surface area contributed by atoms with Crippen LogP contribution in [0.25, 0.3) is 0 Å². The Balaban J connectivity index is 1.47. The smallest absolute Gasteiger partial charge is 0.229 e. The summed E-state index contributed by atoms with van der Waals surface area (Å²) in [7, 11) is 2.13. The maximum Gasteiger partial charge on any atom is 0.229 e. The Labute approximate surface area is 161 Å². The molecule has 0 spiro atoms. The quantitative estimate of drug-likeness (QED) is 0.840. The van der Waals surface area contributed by atoms with Gasteiger partial charge in [0.1, 0.15) is 5.82 Å². The molecule has 2 aromatic rings. The summed E-state index contributed by atoms with van der Waals surface area (Å²) in [5.74, 6) is 1.27. The largest absolute Gasteiger partial charge is 0.341 e. The molecule has 0 bridgehead atoms. The van der Waals surface area contributed by atoms with Gasteiger partial charge in [-0.2, -0.15) is 0 Å². The van der Waals surface area contributed by atoms with Gasteiger partial charge >= 0.3 is 0 Å². The highest BCUT2D eigenvalue weighted by molar-refractivity contribution is 5.83. The average molecular weight is 364 g/mol. The number of benzene rings is 1. The first-order valence-corrected chi connectivity index (χ1v) is 9.99. The van der Waals surface area contributed by atoms with Gasteiger partial charge < -0.3 is 9.80 Å². The minimum Gasteiger partial charge on any atom is -0.341 e. The molecular weight excluding hydrogens is 336 g/mol. The number of likely N-dealkylation sites (N-methyl/N-ethyl adjacent to an activating group) is 1. The molecular formula is C22H28N4O. The number of fused-ring (bicyclic) bond motifs is 1. The van der Waals surface area contributed by atoms with E-state index >= 15 is 0 Å². The molecule has 0 N–H and O–H groups in total. The zero-order valence-corrected chi connectivity index (χ0v) is 16.3. The number of piperidine rings is 1. The molecule has 142 valence electrons. The van der Waals surface area contributed by atoms with E-state index in [1.54, 1.807) is 0 Å². The zero-order valence-electron chi connectivity index (χ0n) is 16.3. The van der Waals surface area contributed by atoms with Crippen LogP contribution in [0.5, 0.6) is 0 Å². The number of carbonyl (C=O) groups excluding carboxylic acids is 1. The Morgan fingerprint density at radius 2 is 2.04 bits per heavy atom. The molecule has 2 atom stereocenters. The molecule has 5 heteroatoms. The molecule has 2 aliphatic rings. The van der Waals surface area contributed by atoms with Gasteiger partial charge in [-0.05, 0) is 32.4 Å². The van der Waals surface area contributed by atoms with Crippen LogP contribution in [0, 0.1) is 0 Å². The lowest BCUT2D eigenvalue weighted by molar-refractivity contribution is -0.133. The first kappa shape index (κ1) is 18.1. The van der Waals surface area contributed by atoms with Crippen molar-refractivity contribution in [3.63, 3.8) is 0 Å². The van der Waals surface area contributed by atoms with E-state index < -0.39 is 0 Å². The van der Waals surface area contributed by atoms with E-state index in [-0.39, 0.29) is 17.7 Å². The molecule has 1 aromatic heterocycles. The standard InChI is InChI=1S/C22H28N4O/c1-16(17-7-4-3-5-8-17)22(27)26-11-6-9-18(15-26)21-23-13-19-14-25(2)12-10-20(19)24-21/h3-5,7-8,13,16,18H,6,9-12,14-15H2,1-2H3/t16-,18-/m1/s1. The molecule has 1 fully saturated rings. The second kappa shape index (κ2) is 7.77. The number of nitrogens with zero attached hydrogens (tertiary/aromatic N) is 4. The van der Waals surface area contributed by atoms with Gasteiger partial charge in [0.2, 0.25) is 5.91 Å². The zero-order chi connectivity index (χ0) is 18.8. The van der Waals surface area contributed by atoms with Crippen molar-refractivity contribution in [3.05, 3.63) is 59.2 Å². The summed E-state index contributed by atoms with van der Waals surface area (Å²) in [5, 5.41) is 0. The third-order valence-electron chi connectivity index (χ3n) is 5.91. The Hall–Kier alpha value is -2.27. The highest BCUT2D eigenvalue weighted by atomic mass is 16.2. The van der Waals surface area contributed by atoms with Gasteiger partial charge in [-0.25, -0.2) is 9.97 Å². The predicted molar refractivity (Wildman–Crippen MR) is 105 cm³/mol. The van der Waals surface area contributed by atoms with Crippen LogP contribution < -0.4 is 0 Å². The van der Waals surface area contributed by atoms with Crippen LogP contribution in [0.15, 0.2) is 36.5 Å². The third kappa shape index (κ3) is 3.88.